The van der Waals surface area contributed by atoms with Gasteiger partial charge in [-0.3, -0.25) is 4.98 Å². The molecule has 0 radical (unpaired) electrons. The molecule has 0 atom stereocenters. The van der Waals surface area contributed by atoms with E-state index in [1.54, 1.807) is 12.4 Å². The summed E-state index contributed by atoms with van der Waals surface area (Å²) in [6.45, 7) is 0.732. The van der Waals surface area contributed by atoms with Crippen molar-refractivity contribution in [3.63, 3.8) is 0 Å². The smallest absolute Gasteiger partial charge is 0.106 e. The highest BCUT2D eigenvalue weighted by Crippen LogP contribution is 2.13. The van der Waals surface area contributed by atoms with Gasteiger partial charge in [0.15, 0.2) is 0 Å². The van der Waals surface area contributed by atoms with Crippen molar-refractivity contribution in [2.75, 3.05) is 5.32 Å². The van der Waals surface area contributed by atoms with Crippen LogP contribution < -0.4 is 5.32 Å². The molecule has 0 saturated heterocycles. The number of anilines is 1. The summed E-state index contributed by atoms with van der Waals surface area (Å²) >= 11 is 6.68. The summed E-state index contributed by atoms with van der Waals surface area (Å²) in [4.78, 5) is 8.24. The van der Waals surface area contributed by atoms with Crippen LogP contribution in [-0.4, -0.2) is 9.97 Å². The third-order valence-corrected chi connectivity index (χ3v) is 2.89. The summed E-state index contributed by atoms with van der Waals surface area (Å²) in [7, 11) is 0. The first-order valence-corrected chi connectivity index (χ1v) is 6.27. The third kappa shape index (κ3) is 3.28. The lowest BCUT2D eigenvalue weighted by Gasteiger charge is -2.05. The first-order chi connectivity index (χ1) is 7.74. The molecule has 0 bridgehead atoms. The van der Waals surface area contributed by atoms with Gasteiger partial charge in [0.25, 0.3) is 0 Å². The van der Waals surface area contributed by atoms with Crippen LogP contribution in [0.15, 0.2) is 45.9 Å². The van der Waals surface area contributed by atoms with E-state index in [0.29, 0.717) is 0 Å². The lowest BCUT2D eigenvalue weighted by molar-refractivity contribution is 1.10. The zero-order valence-electron chi connectivity index (χ0n) is 8.32. The van der Waals surface area contributed by atoms with Crippen molar-refractivity contribution < 1.29 is 0 Å². The fourth-order valence-electron chi connectivity index (χ4n) is 1.24. The highest BCUT2D eigenvalue weighted by Gasteiger charge is 1.96. The van der Waals surface area contributed by atoms with Gasteiger partial charge in [0, 0.05) is 23.4 Å². The summed E-state index contributed by atoms with van der Waals surface area (Å²) in [5, 5.41) is 3.27. The van der Waals surface area contributed by atoms with E-state index >= 15 is 0 Å². The maximum Gasteiger partial charge on any atom is 0.106 e. The van der Waals surface area contributed by atoms with Gasteiger partial charge in [-0.2, -0.15) is 0 Å². The van der Waals surface area contributed by atoms with Crippen LogP contribution in [0.3, 0.4) is 0 Å². The minimum atomic E-state index is 0.732. The van der Waals surface area contributed by atoms with Gasteiger partial charge in [-0.1, -0.05) is 0 Å². The van der Waals surface area contributed by atoms with Crippen LogP contribution in [0.4, 0.5) is 5.69 Å². The molecule has 0 aromatic carbocycles. The molecule has 2 rings (SSSR count). The Bertz CT molecular complexity index is 471. The maximum absolute atomic E-state index is 4.14. The van der Waals surface area contributed by atoms with Crippen LogP contribution in [-0.2, 0) is 6.54 Å². The number of rotatable bonds is 3. The predicted octanol–water partition coefficient (Wildman–Crippen LogP) is 3.61. The Morgan fingerprint density at radius 1 is 1.12 bits per heavy atom. The van der Waals surface area contributed by atoms with E-state index in [9.17, 15) is 0 Å². The number of nitrogens with zero attached hydrogens (tertiary/aromatic N) is 2. The van der Waals surface area contributed by atoms with Gasteiger partial charge in [-0.25, -0.2) is 4.98 Å². The van der Waals surface area contributed by atoms with Crippen LogP contribution in [0.5, 0.6) is 0 Å². The minimum absolute atomic E-state index is 0.732. The Kier molecular flexibility index (Phi) is 3.90. The molecular formula is C11H9Br2N3. The fourth-order valence-corrected chi connectivity index (χ4v) is 1.88. The van der Waals surface area contributed by atoms with E-state index in [4.69, 9.17) is 0 Å². The largest absolute Gasteiger partial charge is 0.380 e. The van der Waals surface area contributed by atoms with Crippen molar-refractivity contribution in [3.05, 3.63) is 51.4 Å². The van der Waals surface area contributed by atoms with Crippen molar-refractivity contribution in [3.8, 4) is 0 Å². The molecule has 1 N–H and O–H groups in total. The van der Waals surface area contributed by atoms with Crippen molar-refractivity contribution in [2.45, 2.75) is 6.54 Å². The molecule has 0 unspecified atom stereocenters. The minimum Gasteiger partial charge on any atom is -0.380 e. The average molecular weight is 343 g/mol. The molecule has 82 valence electrons. The molecule has 0 aliphatic heterocycles. The topological polar surface area (TPSA) is 37.8 Å². The monoisotopic (exact) mass is 341 g/mol. The predicted molar refractivity (Wildman–Crippen MR) is 71.2 cm³/mol. The molecule has 0 aliphatic rings. The second-order valence-corrected chi connectivity index (χ2v) is 4.96. The van der Waals surface area contributed by atoms with Crippen LogP contribution in [0.25, 0.3) is 0 Å². The quantitative estimate of drug-likeness (QED) is 0.866. The van der Waals surface area contributed by atoms with E-state index in [1.165, 1.54) is 0 Å². The lowest BCUT2D eigenvalue weighted by atomic mass is 10.3. The normalized spacial score (nSPS) is 10.1. The van der Waals surface area contributed by atoms with Gasteiger partial charge in [0.05, 0.1) is 11.9 Å². The van der Waals surface area contributed by atoms with Gasteiger partial charge in [-0.15, -0.1) is 0 Å². The Labute approximate surface area is 111 Å². The molecule has 0 spiro atoms. The van der Waals surface area contributed by atoms with Gasteiger partial charge in [0.2, 0.25) is 0 Å². The molecule has 2 heterocycles. The molecule has 3 nitrogen and oxygen atoms in total. The zero-order chi connectivity index (χ0) is 11.4. The first kappa shape index (κ1) is 11.5. The van der Waals surface area contributed by atoms with Crippen LogP contribution in [0, 0.1) is 0 Å². The number of aromatic nitrogens is 2. The molecular weight excluding hydrogens is 334 g/mol. The van der Waals surface area contributed by atoms with Crippen molar-refractivity contribution in [1.82, 2.24) is 9.97 Å². The number of nitrogens with one attached hydrogen (secondary N) is 1. The molecule has 0 amide bonds. The highest BCUT2D eigenvalue weighted by atomic mass is 79.9. The molecule has 0 fully saturated rings. The van der Waals surface area contributed by atoms with E-state index in [-0.39, 0.29) is 0 Å². The fraction of sp³-hybridized carbons (Fsp3) is 0.0909. The van der Waals surface area contributed by atoms with E-state index < -0.39 is 0 Å². The molecule has 2 aromatic rings. The lowest BCUT2D eigenvalue weighted by Crippen LogP contribution is -2.00. The summed E-state index contributed by atoms with van der Waals surface area (Å²) in [5.74, 6) is 0. The summed E-state index contributed by atoms with van der Waals surface area (Å²) in [6.07, 6.45) is 5.39. The van der Waals surface area contributed by atoms with E-state index in [1.807, 2.05) is 24.4 Å². The summed E-state index contributed by atoms with van der Waals surface area (Å²) in [5.41, 5.74) is 2.11. The van der Waals surface area contributed by atoms with Gasteiger partial charge in [-0.05, 0) is 55.6 Å². The second kappa shape index (κ2) is 5.41. The van der Waals surface area contributed by atoms with Gasteiger partial charge < -0.3 is 5.32 Å². The van der Waals surface area contributed by atoms with Gasteiger partial charge in [0.1, 0.15) is 4.60 Å². The molecule has 0 aliphatic carbocycles. The Balaban J connectivity index is 1.99. The highest BCUT2D eigenvalue weighted by molar-refractivity contribution is 9.10. The average Bonchev–Trinajstić information content (AvgIpc) is 2.28. The standard InChI is InChI=1S/C11H9Br2N3/c12-9-3-8(4-14-6-9)5-15-10-1-2-11(13)16-7-10/h1-4,6-7,15H,5H2. The number of halogens is 2. The van der Waals surface area contributed by atoms with Crippen molar-refractivity contribution in [1.29, 1.82) is 0 Å². The first-order valence-electron chi connectivity index (χ1n) is 4.69. The van der Waals surface area contributed by atoms with Gasteiger partial charge >= 0.3 is 0 Å². The van der Waals surface area contributed by atoms with Crippen molar-refractivity contribution in [2.24, 2.45) is 0 Å². The number of hydrogen-bond acceptors (Lipinski definition) is 3. The van der Waals surface area contributed by atoms with E-state index in [2.05, 4.69) is 47.1 Å². The molecule has 2 aromatic heterocycles. The Morgan fingerprint density at radius 3 is 2.69 bits per heavy atom. The van der Waals surface area contributed by atoms with Crippen LogP contribution in [0.1, 0.15) is 5.56 Å². The van der Waals surface area contributed by atoms with E-state index in [0.717, 1.165) is 26.9 Å². The second-order valence-electron chi connectivity index (χ2n) is 3.23. The van der Waals surface area contributed by atoms with Crippen molar-refractivity contribution >= 4 is 37.5 Å². The summed E-state index contributed by atoms with van der Waals surface area (Å²) < 4.78 is 1.82. The molecule has 16 heavy (non-hydrogen) atoms. The molecule has 5 heteroatoms. The Hall–Kier alpha value is -0.940. The molecule has 0 saturated carbocycles. The van der Waals surface area contributed by atoms with Crippen LogP contribution >= 0.6 is 31.9 Å². The SMILES string of the molecule is Brc1cncc(CNc2ccc(Br)nc2)c1. The summed E-state index contributed by atoms with van der Waals surface area (Å²) in [6, 6.07) is 5.91. The zero-order valence-corrected chi connectivity index (χ0v) is 11.5. The number of pyridine rings is 2. The maximum atomic E-state index is 4.14. The Morgan fingerprint density at radius 2 is 2.00 bits per heavy atom. The third-order valence-electron chi connectivity index (χ3n) is 1.99. The number of hydrogen-bond donors (Lipinski definition) is 1. The van der Waals surface area contributed by atoms with Crippen LogP contribution in [0.2, 0.25) is 0 Å².